The van der Waals surface area contributed by atoms with E-state index < -0.39 is 0 Å². The Morgan fingerprint density at radius 1 is 0.947 bits per heavy atom. The number of rotatable bonds is 1. The van der Waals surface area contributed by atoms with Crippen LogP contribution in [0.25, 0.3) is 0 Å². The van der Waals surface area contributed by atoms with Crippen LogP contribution in [0.4, 0.5) is 0 Å². The second-order valence-corrected chi connectivity index (χ2v) is 7.98. The van der Waals surface area contributed by atoms with Crippen LogP contribution < -0.4 is 0 Å². The molecule has 0 spiro atoms. The van der Waals surface area contributed by atoms with Crippen molar-refractivity contribution < 1.29 is 0 Å². The average molecular weight is 254 g/mol. The van der Waals surface area contributed by atoms with E-state index in [1.54, 1.807) is 12.0 Å². The van der Waals surface area contributed by atoms with Gasteiger partial charge >= 0.3 is 0 Å². The van der Waals surface area contributed by atoms with E-state index in [2.05, 4.69) is 39.0 Å². The maximum Gasteiger partial charge on any atom is -0.00182 e. The second-order valence-electron chi connectivity index (χ2n) is 7.98. The Hall–Kier alpha value is -0.780. The van der Waals surface area contributed by atoms with Gasteiger partial charge in [-0.05, 0) is 86.2 Å². The molecular formula is C19H26. The van der Waals surface area contributed by atoms with Crippen LogP contribution in [0, 0.1) is 29.1 Å². The highest BCUT2D eigenvalue weighted by molar-refractivity contribution is 5.51. The zero-order valence-corrected chi connectivity index (χ0v) is 12.6. The van der Waals surface area contributed by atoms with E-state index in [1.165, 1.54) is 36.8 Å². The minimum Gasteiger partial charge on any atom is -0.0692 e. The van der Waals surface area contributed by atoms with Crippen molar-refractivity contribution in [3.8, 4) is 0 Å². The van der Waals surface area contributed by atoms with E-state index in [0.29, 0.717) is 5.41 Å². The summed E-state index contributed by atoms with van der Waals surface area (Å²) in [6.07, 6.45) is 14.9. The maximum absolute atomic E-state index is 2.59. The molecule has 0 unspecified atom stereocenters. The Morgan fingerprint density at radius 3 is 2.00 bits per heavy atom. The van der Waals surface area contributed by atoms with Crippen LogP contribution in [0.3, 0.4) is 0 Å². The molecule has 0 saturated heterocycles. The number of allylic oxidation sites excluding steroid dienone is 6. The van der Waals surface area contributed by atoms with Gasteiger partial charge in [-0.2, -0.15) is 0 Å². The molecule has 0 nitrogen and oxygen atoms in total. The highest BCUT2D eigenvalue weighted by Crippen LogP contribution is 2.65. The van der Waals surface area contributed by atoms with E-state index in [4.69, 9.17) is 0 Å². The summed E-state index contributed by atoms with van der Waals surface area (Å²) in [5.41, 5.74) is 5.06. The summed E-state index contributed by atoms with van der Waals surface area (Å²) in [6.45, 7) is 7.06. The molecule has 0 heteroatoms. The van der Waals surface area contributed by atoms with Gasteiger partial charge in [0.2, 0.25) is 0 Å². The molecule has 0 amide bonds. The predicted molar refractivity (Wildman–Crippen MR) is 80.7 cm³/mol. The van der Waals surface area contributed by atoms with Crippen molar-refractivity contribution in [2.45, 2.75) is 52.9 Å². The normalized spacial score (nSPS) is 46.9. The molecular weight excluding hydrogens is 228 g/mol. The van der Waals surface area contributed by atoms with Crippen molar-refractivity contribution in [1.29, 1.82) is 0 Å². The van der Waals surface area contributed by atoms with Gasteiger partial charge in [0.25, 0.3) is 0 Å². The fraction of sp³-hybridized carbons (Fsp3) is 0.684. The Bertz CT molecular complexity index is 468. The lowest BCUT2D eigenvalue weighted by Gasteiger charge is -2.60. The zero-order chi connectivity index (χ0) is 13.2. The van der Waals surface area contributed by atoms with Gasteiger partial charge in [0.1, 0.15) is 0 Å². The monoisotopic (exact) mass is 254 g/mol. The molecule has 5 rings (SSSR count). The highest BCUT2D eigenvalue weighted by atomic mass is 14.6. The minimum atomic E-state index is 0.487. The minimum absolute atomic E-state index is 0.487. The topological polar surface area (TPSA) is 0 Å². The van der Waals surface area contributed by atoms with E-state index >= 15 is 0 Å². The van der Waals surface area contributed by atoms with E-state index in [0.717, 1.165) is 23.7 Å². The third-order valence-corrected chi connectivity index (χ3v) is 6.79. The molecule has 0 atom stereocenters. The van der Waals surface area contributed by atoms with Crippen LogP contribution in [0.5, 0.6) is 0 Å². The van der Waals surface area contributed by atoms with Crippen molar-refractivity contribution >= 4 is 0 Å². The first-order valence-electron chi connectivity index (χ1n) is 8.15. The number of hydrogen-bond donors (Lipinski definition) is 0. The molecule has 0 radical (unpaired) electrons. The summed E-state index contributed by atoms with van der Waals surface area (Å²) in [6, 6.07) is 0. The van der Waals surface area contributed by atoms with Crippen LogP contribution in [-0.4, -0.2) is 0 Å². The lowest BCUT2D eigenvalue weighted by Crippen LogP contribution is -2.51. The van der Waals surface area contributed by atoms with Gasteiger partial charge in [0, 0.05) is 0 Å². The van der Waals surface area contributed by atoms with Crippen molar-refractivity contribution in [3.63, 3.8) is 0 Å². The lowest BCUT2D eigenvalue weighted by atomic mass is 9.44. The van der Waals surface area contributed by atoms with Crippen molar-refractivity contribution in [2.75, 3.05) is 0 Å². The SMILES string of the molecule is CC(C)=C1C=CC(C2(C)C3CC4CC(C3)CC2C4)=C1. The van der Waals surface area contributed by atoms with Crippen LogP contribution in [0.1, 0.15) is 52.9 Å². The Labute approximate surface area is 117 Å². The van der Waals surface area contributed by atoms with E-state index in [1.807, 2.05) is 0 Å². The molecule has 4 fully saturated rings. The number of hydrogen-bond acceptors (Lipinski definition) is 0. The van der Waals surface area contributed by atoms with Gasteiger partial charge in [0.15, 0.2) is 0 Å². The van der Waals surface area contributed by atoms with Crippen LogP contribution in [-0.2, 0) is 0 Å². The molecule has 0 aromatic carbocycles. The summed E-state index contributed by atoms with van der Waals surface area (Å²) in [5, 5.41) is 0. The third-order valence-electron chi connectivity index (χ3n) is 6.79. The molecule has 4 bridgehead atoms. The first kappa shape index (κ1) is 12.0. The summed E-state index contributed by atoms with van der Waals surface area (Å²) in [4.78, 5) is 0. The molecule has 0 heterocycles. The molecule has 5 aliphatic carbocycles. The average Bonchev–Trinajstić information content (AvgIpc) is 2.85. The van der Waals surface area contributed by atoms with Gasteiger partial charge in [-0.25, -0.2) is 0 Å². The van der Waals surface area contributed by atoms with Crippen molar-refractivity contribution in [1.82, 2.24) is 0 Å². The fourth-order valence-electron chi connectivity index (χ4n) is 5.72. The van der Waals surface area contributed by atoms with Crippen molar-refractivity contribution in [3.05, 3.63) is 34.9 Å². The van der Waals surface area contributed by atoms with Crippen LogP contribution >= 0.6 is 0 Å². The first-order chi connectivity index (χ1) is 9.07. The summed E-state index contributed by atoms with van der Waals surface area (Å²) in [5.74, 6) is 4.08. The molecule has 0 aromatic rings. The lowest BCUT2D eigenvalue weighted by molar-refractivity contribution is -0.0752. The standard InChI is InChI=1S/C19H26/c1-12(2)15-4-5-16(11-15)19(3)17-7-13-6-14(9-17)10-18(19)8-13/h4-5,11,13-14,17-18H,6-10H2,1-3H3. The molecule has 0 aromatic heterocycles. The van der Waals surface area contributed by atoms with Gasteiger partial charge in [0.05, 0.1) is 0 Å². The smallest absolute Gasteiger partial charge is 0.00182 e. The van der Waals surface area contributed by atoms with Gasteiger partial charge in [-0.1, -0.05) is 30.7 Å². The van der Waals surface area contributed by atoms with Crippen molar-refractivity contribution in [2.24, 2.45) is 29.1 Å². The van der Waals surface area contributed by atoms with Gasteiger partial charge < -0.3 is 0 Å². The maximum atomic E-state index is 2.59. The fourth-order valence-corrected chi connectivity index (χ4v) is 5.72. The van der Waals surface area contributed by atoms with Gasteiger partial charge in [-0.3, -0.25) is 0 Å². The third kappa shape index (κ3) is 1.58. The van der Waals surface area contributed by atoms with E-state index in [-0.39, 0.29) is 0 Å². The Kier molecular flexibility index (Phi) is 2.44. The van der Waals surface area contributed by atoms with Crippen LogP contribution in [0.15, 0.2) is 34.9 Å². The Balaban J connectivity index is 1.73. The zero-order valence-electron chi connectivity index (χ0n) is 12.6. The predicted octanol–water partition coefficient (Wildman–Crippen LogP) is 5.28. The molecule has 102 valence electrons. The second kappa shape index (κ2) is 3.87. The molecule has 0 N–H and O–H groups in total. The van der Waals surface area contributed by atoms with Crippen LogP contribution in [0.2, 0.25) is 0 Å². The first-order valence-corrected chi connectivity index (χ1v) is 8.15. The van der Waals surface area contributed by atoms with Gasteiger partial charge in [-0.15, -0.1) is 0 Å². The summed E-state index contributed by atoms with van der Waals surface area (Å²) >= 11 is 0. The van der Waals surface area contributed by atoms with E-state index in [9.17, 15) is 0 Å². The molecule has 4 saturated carbocycles. The highest BCUT2D eigenvalue weighted by Gasteiger charge is 2.55. The molecule has 19 heavy (non-hydrogen) atoms. The quantitative estimate of drug-likeness (QED) is 0.597. The molecule has 0 aliphatic heterocycles. The summed E-state index contributed by atoms with van der Waals surface area (Å²) in [7, 11) is 0. The largest absolute Gasteiger partial charge is 0.0692 e. The Morgan fingerprint density at radius 2 is 1.53 bits per heavy atom. The summed E-state index contributed by atoms with van der Waals surface area (Å²) < 4.78 is 0. The molecule has 5 aliphatic rings.